The van der Waals surface area contributed by atoms with Gasteiger partial charge in [0.05, 0.1) is 0 Å². The van der Waals surface area contributed by atoms with Gasteiger partial charge in [-0.25, -0.2) is 13.8 Å². The molecule has 0 saturated heterocycles. The van der Waals surface area contributed by atoms with Gasteiger partial charge in [0.15, 0.2) is 4.96 Å². The van der Waals surface area contributed by atoms with Crippen molar-refractivity contribution < 1.29 is 13.6 Å². The number of aromatic nitrogens is 2. The van der Waals surface area contributed by atoms with Gasteiger partial charge in [-0.3, -0.25) is 14.0 Å². The van der Waals surface area contributed by atoms with Gasteiger partial charge in [-0.1, -0.05) is 6.07 Å². The van der Waals surface area contributed by atoms with Crippen molar-refractivity contribution in [1.82, 2.24) is 14.3 Å². The lowest BCUT2D eigenvalue weighted by molar-refractivity contribution is 0.0781. The third-order valence-electron chi connectivity index (χ3n) is 3.34. The molecule has 2 heterocycles. The summed E-state index contributed by atoms with van der Waals surface area (Å²) in [5.74, 6) is -2.01. The molecule has 3 rings (SSSR count). The smallest absolute Gasteiger partial charge is 0.271 e. The van der Waals surface area contributed by atoms with Crippen LogP contribution in [0.2, 0.25) is 0 Å². The first kappa shape index (κ1) is 15.3. The summed E-state index contributed by atoms with van der Waals surface area (Å²) in [5.41, 5.74) is -0.425. The lowest BCUT2D eigenvalue weighted by Gasteiger charge is -2.17. The van der Waals surface area contributed by atoms with E-state index in [2.05, 4.69) is 4.98 Å². The maximum Gasteiger partial charge on any atom is 0.271 e. The highest BCUT2D eigenvalue weighted by atomic mass is 32.1. The molecule has 118 valence electrons. The predicted molar refractivity (Wildman–Crippen MR) is 81.5 cm³/mol. The minimum atomic E-state index is -0.743. The largest absolute Gasteiger partial charge is 0.337 e. The summed E-state index contributed by atoms with van der Waals surface area (Å²) in [5, 5.41) is 1.69. The van der Waals surface area contributed by atoms with Gasteiger partial charge in [-0.2, -0.15) is 0 Å². The van der Waals surface area contributed by atoms with E-state index in [9.17, 15) is 18.4 Å². The summed E-state index contributed by atoms with van der Waals surface area (Å²) in [4.78, 5) is 30.4. The van der Waals surface area contributed by atoms with Crippen LogP contribution in [-0.2, 0) is 6.54 Å². The van der Waals surface area contributed by atoms with Gasteiger partial charge in [0.25, 0.3) is 11.5 Å². The molecule has 8 heteroatoms. The summed E-state index contributed by atoms with van der Waals surface area (Å²) >= 11 is 1.28. The van der Waals surface area contributed by atoms with Crippen molar-refractivity contribution in [1.29, 1.82) is 0 Å². The average molecular weight is 335 g/mol. The van der Waals surface area contributed by atoms with E-state index in [1.54, 1.807) is 5.38 Å². The van der Waals surface area contributed by atoms with E-state index in [4.69, 9.17) is 0 Å². The summed E-state index contributed by atoms with van der Waals surface area (Å²) in [6.45, 7) is -0.0866. The zero-order valence-corrected chi connectivity index (χ0v) is 12.8. The number of amides is 1. The number of thiazole rings is 1. The SMILES string of the molecule is CN(Cc1ccc(F)cc1F)C(=O)c1cnc2sccn2c1=O. The highest BCUT2D eigenvalue weighted by molar-refractivity contribution is 7.15. The van der Waals surface area contributed by atoms with Crippen molar-refractivity contribution in [3.05, 3.63) is 69.1 Å². The van der Waals surface area contributed by atoms with Crippen LogP contribution in [0.3, 0.4) is 0 Å². The zero-order chi connectivity index (χ0) is 16.6. The zero-order valence-electron chi connectivity index (χ0n) is 12.0. The number of fused-ring (bicyclic) bond motifs is 1. The molecule has 0 fully saturated rings. The molecule has 0 saturated carbocycles. The van der Waals surface area contributed by atoms with E-state index >= 15 is 0 Å². The number of carbonyl (C=O) groups excluding carboxylic acids is 1. The van der Waals surface area contributed by atoms with E-state index in [-0.39, 0.29) is 17.7 Å². The molecule has 2 aromatic heterocycles. The highest BCUT2D eigenvalue weighted by Crippen LogP contribution is 2.13. The first-order valence-corrected chi connectivity index (χ1v) is 7.49. The molecule has 0 spiro atoms. The Kier molecular flexibility index (Phi) is 3.91. The van der Waals surface area contributed by atoms with Gasteiger partial charge in [-0.05, 0) is 6.07 Å². The van der Waals surface area contributed by atoms with Crippen LogP contribution >= 0.6 is 11.3 Å². The summed E-state index contributed by atoms with van der Waals surface area (Å²) in [6, 6.07) is 3.13. The molecule has 0 aliphatic heterocycles. The highest BCUT2D eigenvalue weighted by Gasteiger charge is 2.19. The van der Waals surface area contributed by atoms with Crippen LogP contribution in [0.25, 0.3) is 4.96 Å². The molecule has 5 nitrogen and oxygen atoms in total. The molecule has 3 aromatic rings. The van der Waals surface area contributed by atoms with Crippen LogP contribution in [0.5, 0.6) is 0 Å². The fourth-order valence-electron chi connectivity index (χ4n) is 2.15. The van der Waals surface area contributed by atoms with Crippen LogP contribution in [0, 0.1) is 11.6 Å². The Bertz CT molecular complexity index is 951. The van der Waals surface area contributed by atoms with Crippen molar-refractivity contribution in [3.8, 4) is 0 Å². The van der Waals surface area contributed by atoms with Crippen LogP contribution in [0.15, 0.2) is 40.8 Å². The topological polar surface area (TPSA) is 54.7 Å². The van der Waals surface area contributed by atoms with Gasteiger partial charge in [0.1, 0.15) is 17.2 Å². The lowest BCUT2D eigenvalue weighted by atomic mass is 10.2. The number of nitrogens with zero attached hydrogens (tertiary/aromatic N) is 3. The number of halogens is 2. The molecule has 23 heavy (non-hydrogen) atoms. The van der Waals surface area contributed by atoms with Crippen molar-refractivity contribution >= 4 is 22.2 Å². The van der Waals surface area contributed by atoms with Crippen molar-refractivity contribution in [2.45, 2.75) is 6.54 Å². The van der Waals surface area contributed by atoms with Crippen LogP contribution in [0.4, 0.5) is 8.78 Å². The van der Waals surface area contributed by atoms with Crippen molar-refractivity contribution in [2.24, 2.45) is 0 Å². The van der Waals surface area contributed by atoms with Gasteiger partial charge in [-0.15, -0.1) is 11.3 Å². The summed E-state index contributed by atoms with van der Waals surface area (Å²) < 4.78 is 27.9. The molecule has 0 unspecified atom stereocenters. The third-order valence-corrected chi connectivity index (χ3v) is 4.11. The van der Waals surface area contributed by atoms with Gasteiger partial charge >= 0.3 is 0 Å². The fourth-order valence-corrected chi connectivity index (χ4v) is 2.83. The third kappa shape index (κ3) is 2.85. The van der Waals surface area contributed by atoms with E-state index < -0.39 is 23.1 Å². The number of carbonyl (C=O) groups is 1. The van der Waals surface area contributed by atoms with Gasteiger partial charge in [0.2, 0.25) is 0 Å². The summed E-state index contributed by atoms with van der Waals surface area (Å²) in [6.07, 6.45) is 2.75. The van der Waals surface area contributed by atoms with Gasteiger partial charge in [0, 0.05) is 43.0 Å². The Morgan fingerprint density at radius 1 is 1.39 bits per heavy atom. The van der Waals surface area contributed by atoms with Crippen LogP contribution in [-0.4, -0.2) is 27.2 Å². The Morgan fingerprint density at radius 2 is 2.17 bits per heavy atom. The molecule has 0 N–H and O–H groups in total. The number of benzene rings is 1. The molecular formula is C15H11F2N3O2S. The van der Waals surface area contributed by atoms with E-state index in [1.807, 2.05) is 0 Å². The molecule has 0 radical (unpaired) electrons. The molecule has 0 atom stereocenters. The molecule has 0 bridgehead atoms. The minimum Gasteiger partial charge on any atom is -0.337 e. The molecule has 1 amide bonds. The first-order valence-electron chi connectivity index (χ1n) is 6.61. The maximum atomic E-state index is 13.7. The summed E-state index contributed by atoms with van der Waals surface area (Å²) in [7, 11) is 1.44. The normalized spacial score (nSPS) is 10.9. The van der Waals surface area contributed by atoms with E-state index in [1.165, 1.54) is 46.1 Å². The fraction of sp³-hybridized carbons (Fsp3) is 0.133. The Balaban J connectivity index is 1.89. The second-order valence-electron chi connectivity index (χ2n) is 4.93. The molecule has 1 aromatic carbocycles. The minimum absolute atomic E-state index is 0.0866. The number of hydrogen-bond acceptors (Lipinski definition) is 4. The number of hydrogen-bond donors (Lipinski definition) is 0. The van der Waals surface area contributed by atoms with E-state index in [0.717, 1.165) is 12.1 Å². The monoisotopic (exact) mass is 335 g/mol. The molecule has 0 aliphatic carbocycles. The Hall–Kier alpha value is -2.61. The number of rotatable bonds is 3. The Labute approximate surface area is 133 Å². The van der Waals surface area contributed by atoms with E-state index in [0.29, 0.717) is 4.96 Å². The molecule has 0 aliphatic rings. The molecular weight excluding hydrogens is 324 g/mol. The maximum absolute atomic E-state index is 13.7. The first-order chi connectivity index (χ1) is 11.0. The average Bonchev–Trinajstić information content (AvgIpc) is 2.99. The predicted octanol–water partition coefficient (Wildman–Crippen LogP) is 2.31. The van der Waals surface area contributed by atoms with Gasteiger partial charge < -0.3 is 4.90 Å². The quantitative estimate of drug-likeness (QED) is 0.738. The second-order valence-corrected chi connectivity index (χ2v) is 5.80. The Morgan fingerprint density at radius 3 is 2.91 bits per heavy atom. The standard InChI is InChI=1S/C15H11F2N3O2S/c1-19(8-9-2-3-10(16)6-12(9)17)13(21)11-7-18-15-20(14(11)22)4-5-23-15/h2-7H,8H2,1H3. The van der Waals surface area contributed by atoms with Crippen molar-refractivity contribution in [3.63, 3.8) is 0 Å². The van der Waals surface area contributed by atoms with Crippen LogP contribution in [0.1, 0.15) is 15.9 Å². The second kappa shape index (κ2) is 5.88. The lowest BCUT2D eigenvalue weighted by Crippen LogP contribution is -2.32. The van der Waals surface area contributed by atoms with Crippen molar-refractivity contribution in [2.75, 3.05) is 7.05 Å². The van der Waals surface area contributed by atoms with Crippen LogP contribution < -0.4 is 5.56 Å².